The van der Waals surface area contributed by atoms with Crippen molar-refractivity contribution in [2.75, 3.05) is 27.2 Å². The van der Waals surface area contributed by atoms with Crippen molar-refractivity contribution in [3.8, 4) is 17.2 Å². The number of carbonyl (C=O) groups excluding carboxylic acids is 1. The molecule has 0 spiro atoms. The standard InChI is InChI=1S/C13H18ClNO4/c1-8(7-14)15-13(16)9-5-6-10(17-2)12(19-4)11(9)18-3/h5-6,8H,7H2,1-4H3,(H,15,16). The Kier molecular flexibility index (Phi) is 5.76. The third-order valence-corrected chi connectivity index (χ3v) is 3.02. The molecular formula is C13H18ClNO4. The zero-order valence-electron chi connectivity index (χ0n) is 11.5. The number of hydrogen-bond acceptors (Lipinski definition) is 4. The van der Waals surface area contributed by atoms with E-state index in [4.69, 9.17) is 25.8 Å². The lowest BCUT2D eigenvalue weighted by Gasteiger charge is -2.16. The first-order valence-electron chi connectivity index (χ1n) is 5.74. The highest BCUT2D eigenvalue weighted by molar-refractivity contribution is 6.18. The summed E-state index contributed by atoms with van der Waals surface area (Å²) in [6, 6.07) is 3.14. The molecule has 1 amide bonds. The van der Waals surface area contributed by atoms with Gasteiger partial charge < -0.3 is 19.5 Å². The lowest BCUT2D eigenvalue weighted by atomic mass is 10.1. The lowest BCUT2D eigenvalue weighted by Crippen LogP contribution is -2.33. The second kappa shape index (κ2) is 7.09. The Morgan fingerprint density at radius 2 is 1.84 bits per heavy atom. The maximum absolute atomic E-state index is 12.1. The molecule has 106 valence electrons. The molecule has 0 aromatic heterocycles. The minimum absolute atomic E-state index is 0.132. The van der Waals surface area contributed by atoms with Crippen LogP contribution in [0.2, 0.25) is 0 Å². The molecular weight excluding hydrogens is 270 g/mol. The van der Waals surface area contributed by atoms with Gasteiger partial charge in [0.15, 0.2) is 11.5 Å². The number of nitrogens with one attached hydrogen (secondary N) is 1. The summed E-state index contributed by atoms with van der Waals surface area (Å²) in [6.07, 6.45) is 0. The molecule has 1 aromatic carbocycles. The average molecular weight is 288 g/mol. The van der Waals surface area contributed by atoms with Crippen LogP contribution >= 0.6 is 11.6 Å². The molecule has 0 bridgehead atoms. The van der Waals surface area contributed by atoms with E-state index in [1.54, 1.807) is 12.1 Å². The van der Waals surface area contributed by atoms with Gasteiger partial charge in [-0.25, -0.2) is 0 Å². The van der Waals surface area contributed by atoms with Crippen LogP contribution in [0.5, 0.6) is 17.2 Å². The van der Waals surface area contributed by atoms with Gasteiger partial charge in [0.05, 0.1) is 26.9 Å². The number of carbonyl (C=O) groups is 1. The Bertz CT molecular complexity index is 451. The molecule has 0 saturated carbocycles. The number of amides is 1. The Balaban J connectivity index is 3.17. The van der Waals surface area contributed by atoms with Crippen LogP contribution < -0.4 is 19.5 Å². The van der Waals surface area contributed by atoms with E-state index in [0.29, 0.717) is 28.7 Å². The number of benzene rings is 1. The molecule has 0 aliphatic heterocycles. The van der Waals surface area contributed by atoms with Gasteiger partial charge in [-0.15, -0.1) is 11.6 Å². The van der Waals surface area contributed by atoms with E-state index < -0.39 is 0 Å². The highest BCUT2D eigenvalue weighted by Crippen LogP contribution is 2.39. The summed E-state index contributed by atoms with van der Waals surface area (Å²) in [5, 5.41) is 2.76. The Hall–Kier alpha value is -1.62. The van der Waals surface area contributed by atoms with Gasteiger partial charge in [0.2, 0.25) is 5.75 Å². The molecule has 0 radical (unpaired) electrons. The van der Waals surface area contributed by atoms with Gasteiger partial charge in [-0.1, -0.05) is 0 Å². The summed E-state index contributed by atoms with van der Waals surface area (Å²) in [4.78, 5) is 12.1. The third kappa shape index (κ3) is 3.44. The summed E-state index contributed by atoms with van der Waals surface area (Å²) in [5.74, 6) is 1.28. The molecule has 1 N–H and O–H groups in total. The minimum atomic E-state index is -0.272. The van der Waals surface area contributed by atoms with E-state index in [1.165, 1.54) is 21.3 Å². The van der Waals surface area contributed by atoms with Gasteiger partial charge >= 0.3 is 0 Å². The van der Waals surface area contributed by atoms with Gasteiger partial charge in [0.1, 0.15) is 0 Å². The highest BCUT2D eigenvalue weighted by atomic mass is 35.5. The largest absolute Gasteiger partial charge is 0.493 e. The second-order valence-electron chi connectivity index (χ2n) is 3.91. The Labute approximate surface area is 117 Å². The van der Waals surface area contributed by atoms with Gasteiger partial charge in [0.25, 0.3) is 5.91 Å². The molecule has 1 atom stereocenters. The fraction of sp³-hybridized carbons (Fsp3) is 0.462. The zero-order chi connectivity index (χ0) is 14.4. The number of rotatable bonds is 6. The molecule has 19 heavy (non-hydrogen) atoms. The first-order valence-corrected chi connectivity index (χ1v) is 6.28. The van der Waals surface area contributed by atoms with Crippen LogP contribution in [-0.4, -0.2) is 39.2 Å². The number of alkyl halides is 1. The van der Waals surface area contributed by atoms with E-state index in [2.05, 4.69) is 5.32 Å². The van der Waals surface area contributed by atoms with Crippen molar-refractivity contribution in [2.45, 2.75) is 13.0 Å². The highest BCUT2D eigenvalue weighted by Gasteiger charge is 2.21. The summed E-state index contributed by atoms with van der Waals surface area (Å²) in [6.45, 7) is 1.82. The van der Waals surface area contributed by atoms with Crippen LogP contribution in [0, 0.1) is 0 Å². The lowest BCUT2D eigenvalue weighted by molar-refractivity contribution is 0.0939. The summed E-state index contributed by atoms with van der Waals surface area (Å²) in [5.41, 5.74) is 0.372. The predicted octanol–water partition coefficient (Wildman–Crippen LogP) is 2.07. The Morgan fingerprint density at radius 1 is 1.21 bits per heavy atom. The third-order valence-electron chi connectivity index (χ3n) is 2.56. The molecule has 0 saturated heterocycles. The van der Waals surface area contributed by atoms with E-state index in [0.717, 1.165) is 0 Å². The van der Waals surface area contributed by atoms with Crippen LogP contribution in [0.4, 0.5) is 0 Å². The van der Waals surface area contributed by atoms with Crippen molar-refractivity contribution >= 4 is 17.5 Å². The van der Waals surface area contributed by atoms with Crippen LogP contribution in [-0.2, 0) is 0 Å². The van der Waals surface area contributed by atoms with E-state index in [-0.39, 0.29) is 11.9 Å². The second-order valence-corrected chi connectivity index (χ2v) is 4.22. The van der Waals surface area contributed by atoms with Crippen LogP contribution in [0.15, 0.2) is 12.1 Å². The summed E-state index contributed by atoms with van der Waals surface area (Å²) >= 11 is 5.67. The van der Waals surface area contributed by atoms with Crippen molar-refractivity contribution in [1.82, 2.24) is 5.32 Å². The average Bonchev–Trinajstić information content (AvgIpc) is 2.44. The number of halogens is 1. The molecule has 0 aliphatic carbocycles. The summed E-state index contributed by atoms with van der Waals surface area (Å²) < 4.78 is 15.6. The van der Waals surface area contributed by atoms with Crippen molar-refractivity contribution < 1.29 is 19.0 Å². The van der Waals surface area contributed by atoms with E-state index in [1.807, 2.05) is 6.92 Å². The molecule has 6 heteroatoms. The van der Waals surface area contributed by atoms with Crippen LogP contribution in [0.1, 0.15) is 17.3 Å². The van der Waals surface area contributed by atoms with E-state index in [9.17, 15) is 4.79 Å². The molecule has 0 aliphatic rings. The van der Waals surface area contributed by atoms with Crippen molar-refractivity contribution in [1.29, 1.82) is 0 Å². The van der Waals surface area contributed by atoms with Gasteiger partial charge in [0, 0.05) is 11.9 Å². The topological polar surface area (TPSA) is 56.8 Å². The number of methoxy groups -OCH3 is 3. The normalized spacial score (nSPS) is 11.6. The maximum Gasteiger partial charge on any atom is 0.255 e. The number of hydrogen-bond donors (Lipinski definition) is 1. The van der Waals surface area contributed by atoms with Crippen LogP contribution in [0.3, 0.4) is 0 Å². The first kappa shape index (κ1) is 15.4. The minimum Gasteiger partial charge on any atom is -0.493 e. The van der Waals surface area contributed by atoms with Crippen LogP contribution in [0.25, 0.3) is 0 Å². The molecule has 0 heterocycles. The summed E-state index contributed by atoms with van der Waals surface area (Å²) in [7, 11) is 4.48. The molecule has 1 rings (SSSR count). The number of ether oxygens (including phenoxy) is 3. The van der Waals surface area contributed by atoms with Crippen molar-refractivity contribution in [3.63, 3.8) is 0 Å². The maximum atomic E-state index is 12.1. The quantitative estimate of drug-likeness (QED) is 0.814. The molecule has 5 nitrogen and oxygen atoms in total. The van der Waals surface area contributed by atoms with Gasteiger partial charge in [-0.2, -0.15) is 0 Å². The SMILES string of the molecule is COc1ccc(C(=O)NC(C)CCl)c(OC)c1OC. The molecule has 1 aromatic rings. The molecule has 0 fully saturated rings. The smallest absolute Gasteiger partial charge is 0.255 e. The Morgan fingerprint density at radius 3 is 2.32 bits per heavy atom. The first-order chi connectivity index (χ1) is 9.08. The molecule has 1 unspecified atom stereocenters. The van der Waals surface area contributed by atoms with Gasteiger partial charge in [-0.05, 0) is 19.1 Å². The monoisotopic (exact) mass is 287 g/mol. The predicted molar refractivity (Wildman–Crippen MR) is 73.7 cm³/mol. The van der Waals surface area contributed by atoms with E-state index >= 15 is 0 Å². The fourth-order valence-corrected chi connectivity index (χ4v) is 1.70. The van der Waals surface area contributed by atoms with Crippen molar-refractivity contribution in [3.05, 3.63) is 17.7 Å². The van der Waals surface area contributed by atoms with Gasteiger partial charge in [-0.3, -0.25) is 4.79 Å². The zero-order valence-corrected chi connectivity index (χ0v) is 12.2. The fourth-order valence-electron chi connectivity index (χ4n) is 1.62. The van der Waals surface area contributed by atoms with Crippen molar-refractivity contribution in [2.24, 2.45) is 0 Å².